The van der Waals surface area contributed by atoms with E-state index in [1.165, 1.54) is 12.1 Å². The third kappa shape index (κ3) is 5.77. The SMILES string of the molecule is CC(C)(C)OC(=O)N1CCCC(CNc2ccc([N+](=O)[O-])cc2Cl)C1. The second kappa shape index (κ2) is 7.91. The largest absolute Gasteiger partial charge is 0.444 e. The standard InChI is InChI=1S/C17H24ClN3O4/c1-17(2,3)25-16(22)20-8-4-5-12(11-20)10-19-15-7-6-13(21(23)24)9-14(15)18/h6-7,9,12,19H,4-5,8,10-11H2,1-3H3. The highest BCUT2D eigenvalue weighted by Gasteiger charge is 2.27. The van der Waals surface area contributed by atoms with E-state index < -0.39 is 10.5 Å². The number of piperidine rings is 1. The fourth-order valence-electron chi connectivity index (χ4n) is 2.74. The Balaban J connectivity index is 1.90. The zero-order valence-corrected chi connectivity index (χ0v) is 15.5. The molecule has 1 aromatic rings. The molecule has 1 N–H and O–H groups in total. The molecule has 1 aliphatic heterocycles. The van der Waals surface area contributed by atoms with E-state index >= 15 is 0 Å². The highest BCUT2D eigenvalue weighted by Crippen LogP contribution is 2.27. The highest BCUT2D eigenvalue weighted by atomic mass is 35.5. The summed E-state index contributed by atoms with van der Waals surface area (Å²) in [6.45, 7) is 7.51. The first-order valence-electron chi connectivity index (χ1n) is 8.31. The summed E-state index contributed by atoms with van der Waals surface area (Å²) in [6, 6.07) is 4.36. The van der Waals surface area contributed by atoms with Crippen molar-refractivity contribution in [1.82, 2.24) is 4.90 Å². The number of amides is 1. The Kier molecular flexibility index (Phi) is 6.11. The average Bonchev–Trinajstić information content (AvgIpc) is 2.52. The molecule has 1 saturated heterocycles. The van der Waals surface area contributed by atoms with Gasteiger partial charge in [0, 0.05) is 31.8 Å². The predicted octanol–water partition coefficient (Wildman–Crippen LogP) is 4.31. The maximum absolute atomic E-state index is 12.2. The predicted molar refractivity (Wildman–Crippen MR) is 97.1 cm³/mol. The zero-order chi connectivity index (χ0) is 18.6. The normalized spacial score (nSPS) is 17.9. The van der Waals surface area contributed by atoms with Crippen molar-refractivity contribution < 1.29 is 14.5 Å². The Morgan fingerprint density at radius 1 is 1.48 bits per heavy atom. The van der Waals surface area contributed by atoms with Crippen LogP contribution in [0.25, 0.3) is 0 Å². The van der Waals surface area contributed by atoms with E-state index in [-0.39, 0.29) is 17.7 Å². The zero-order valence-electron chi connectivity index (χ0n) is 14.8. The van der Waals surface area contributed by atoms with E-state index in [0.717, 1.165) is 12.8 Å². The number of non-ortho nitro benzene ring substituents is 1. The lowest BCUT2D eigenvalue weighted by Gasteiger charge is -2.34. The fraction of sp³-hybridized carbons (Fsp3) is 0.588. The van der Waals surface area contributed by atoms with Crippen LogP contribution in [0, 0.1) is 16.0 Å². The number of nitro groups is 1. The monoisotopic (exact) mass is 369 g/mol. The first kappa shape index (κ1) is 19.3. The number of likely N-dealkylation sites (tertiary alicyclic amines) is 1. The smallest absolute Gasteiger partial charge is 0.410 e. The molecule has 2 rings (SSSR count). The fourth-order valence-corrected chi connectivity index (χ4v) is 2.98. The van der Waals surface area contributed by atoms with Gasteiger partial charge in [0.1, 0.15) is 5.60 Å². The molecule has 1 aromatic carbocycles. The molecule has 0 aromatic heterocycles. The Morgan fingerprint density at radius 2 is 2.20 bits per heavy atom. The van der Waals surface area contributed by atoms with E-state index in [1.807, 2.05) is 20.8 Å². The number of carbonyl (C=O) groups is 1. The Morgan fingerprint density at radius 3 is 2.80 bits per heavy atom. The molecule has 1 amide bonds. The summed E-state index contributed by atoms with van der Waals surface area (Å²) in [5, 5.41) is 14.3. The van der Waals surface area contributed by atoms with E-state index in [9.17, 15) is 14.9 Å². The van der Waals surface area contributed by atoms with Crippen LogP contribution in [0.4, 0.5) is 16.2 Å². The summed E-state index contributed by atoms with van der Waals surface area (Å²) >= 11 is 6.09. The van der Waals surface area contributed by atoms with Crippen molar-refractivity contribution in [3.05, 3.63) is 33.3 Å². The number of nitro benzene ring substituents is 1. The molecule has 8 heteroatoms. The number of ether oxygens (including phenoxy) is 1. The molecule has 1 fully saturated rings. The lowest BCUT2D eigenvalue weighted by Crippen LogP contribution is -2.44. The maximum Gasteiger partial charge on any atom is 0.410 e. The van der Waals surface area contributed by atoms with E-state index in [4.69, 9.17) is 16.3 Å². The van der Waals surface area contributed by atoms with Crippen LogP contribution in [0.5, 0.6) is 0 Å². The highest BCUT2D eigenvalue weighted by molar-refractivity contribution is 6.33. The molecule has 0 radical (unpaired) electrons. The number of nitrogens with zero attached hydrogens (tertiary/aromatic N) is 2. The summed E-state index contributed by atoms with van der Waals surface area (Å²) in [7, 11) is 0. The van der Waals surface area contributed by atoms with Crippen molar-refractivity contribution in [3.63, 3.8) is 0 Å². The van der Waals surface area contributed by atoms with Gasteiger partial charge in [0.2, 0.25) is 0 Å². The Bertz CT molecular complexity index is 645. The number of benzene rings is 1. The number of halogens is 1. The Hall–Kier alpha value is -2.02. The van der Waals surface area contributed by atoms with Gasteiger partial charge in [-0.25, -0.2) is 4.79 Å². The lowest BCUT2D eigenvalue weighted by atomic mass is 9.98. The van der Waals surface area contributed by atoms with Crippen LogP contribution in [-0.2, 0) is 4.74 Å². The van der Waals surface area contributed by atoms with Gasteiger partial charge in [-0.2, -0.15) is 0 Å². The lowest BCUT2D eigenvalue weighted by molar-refractivity contribution is -0.384. The molecule has 7 nitrogen and oxygen atoms in total. The molecule has 0 aliphatic carbocycles. The van der Waals surface area contributed by atoms with Crippen LogP contribution in [0.2, 0.25) is 5.02 Å². The molecule has 1 heterocycles. The Labute approximate surface area is 152 Å². The number of hydrogen-bond acceptors (Lipinski definition) is 5. The molecule has 1 atom stereocenters. The van der Waals surface area contributed by atoms with Crippen LogP contribution >= 0.6 is 11.6 Å². The van der Waals surface area contributed by atoms with Crippen molar-refractivity contribution in [3.8, 4) is 0 Å². The van der Waals surface area contributed by atoms with Crippen molar-refractivity contribution in [2.45, 2.75) is 39.2 Å². The van der Waals surface area contributed by atoms with Crippen LogP contribution in [0.1, 0.15) is 33.6 Å². The average molecular weight is 370 g/mol. The molecule has 0 saturated carbocycles. The van der Waals surface area contributed by atoms with E-state index in [1.54, 1.807) is 11.0 Å². The molecule has 138 valence electrons. The van der Waals surface area contributed by atoms with Gasteiger partial charge in [-0.05, 0) is 45.6 Å². The topological polar surface area (TPSA) is 84.7 Å². The summed E-state index contributed by atoms with van der Waals surface area (Å²) in [5.74, 6) is 0.271. The second-order valence-corrected chi connectivity index (χ2v) is 7.64. The van der Waals surface area contributed by atoms with Gasteiger partial charge < -0.3 is 15.0 Å². The molecular weight excluding hydrogens is 346 g/mol. The van der Waals surface area contributed by atoms with Gasteiger partial charge in [-0.3, -0.25) is 10.1 Å². The minimum atomic E-state index is -0.505. The first-order valence-corrected chi connectivity index (χ1v) is 8.69. The summed E-state index contributed by atoms with van der Waals surface area (Å²) in [6.07, 6.45) is 1.63. The number of nitrogens with one attached hydrogen (secondary N) is 1. The number of carbonyl (C=O) groups excluding carboxylic acids is 1. The molecule has 25 heavy (non-hydrogen) atoms. The number of hydrogen-bond donors (Lipinski definition) is 1. The van der Waals surface area contributed by atoms with Crippen molar-refractivity contribution >= 4 is 29.1 Å². The van der Waals surface area contributed by atoms with E-state index in [0.29, 0.717) is 30.3 Å². The minimum Gasteiger partial charge on any atom is -0.444 e. The minimum absolute atomic E-state index is 0.0377. The number of anilines is 1. The third-order valence-corrected chi connectivity index (χ3v) is 4.23. The summed E-state index contributed by atoms with van der Waals surface area (Å²) in [4.78, 5) is 24.2. The molecule has 0 bridgehead atoms. The second-order valence-electron chi connectivity index (χ2n) is 7.24. The van der Waals surface area contributed by atoms with Gasteiger partial charge >= 0.3 is 6.09 Å². The van der Waals surface area contributed by atoms with Gasteiger partial charge in [0.05, 0.1) is 15.6 Å². The number of rotatable bonds is 4. The van der Waals surface area contributed by atoms with Gasteiger partial charge in [-0.15, -0.1) is 0 Å². The third-order valence-electron chi connectivity index (χ3n) is 3.92. The molecule has 0 spiro atoms. The quantitative estimate of drug-likeness (QED) is 0.631. The van der Waals surface area contributed by atoms with Crippen LogP contribution < -0.4 is 5.32 Å². The summed E-state index contributed by atoms with van der Waals surface area (Å²) in [5.41, 5.74) is 0.111. The molecular formula is C17H24ClN3O4. The van der Waals surface area contributed by atoms with Crippen molar-refractivity contribution in [1.29, 1.82) is 0 Å². The van der Waals surface area contributed by atoms with Gasteiger partial charge in [0.15, 0.2) is 0 Å². The van der Waals surface area contributed by atoms with Crippen molar-refractivity contribution in [2.75, 3.05) is 25.0 Å². The summed E-state index contributed by atoms with van der Waals surface area (Å²) < 4.78 is 5.42. The van der Waals surface area contributed by atoms with Gasteiger partial charge in [0.25, 0.3) is 5.69 Å². The van der Waals surface area contributed by atoms with Crippen LogP contribution in [0.3, 0.4) is 0 Å². The van der Waals surface area contributed by atoms with Gasteiger partial charge in [-0.1, -0.05) is 11.6 Å². The van der Waals surface area contributed by atoms with Crippen molar-refractivity contribution in [2.24, 2.45) is 5.92 Å². The molecule has 1 unspecified atom stereocenters. The molecule has 1 aliphatic rings. The van der Waals surface area contributed by atoms with Crippen LogP contribution in [0.15, 0.2) is 18.2 Å². The maximum atomic E-state index is 12.2. The first-order chi connectivity index (χ1) is 11.7. The van der Waals surface area contributed by atoms with Crippen LogP contribution in [-0.4, -0.2) is 41.2 Å². The van der Waals surface area contributed by atoms with E-state index in [2.05, 4.69) is 5.32 Å².